The van der Waals surface area contributed by atoms with Gasteiger partial charge in [-0.25, -0.2) is 27.6 Å². The molecule has 0 spiro atoms. The normalized spacial score (nSPS) is 12.6. The SMILES string of the molecule is COc1cc(N=Nc2cc3c(S(=O)(=O)O)cccc3cc2S(=O)(=O)OC)c(NC(C)=O)cc1Cc1nc(Cl)nc(Cc2ccc(S(=O)(=O)CCOS(=O)(=O)OC)cc2)n1. The molecule has 0 aliphatic carbocycles. The van der Waals surface area contributed by atoms with Gasteiger partial charge < -0.3 is 10.1 Å². The minimum atomic E-state index is -4.74. The molecule has 0 saturated heterocycles. The number of sulfone groups is 1. The Balaban J connectivity index is 1.46. The molecule has 0 aliphatic rings. The molecule has 2 N–H and O–H groups in total. The summed E-state index contributed by atoms with van der Waals surface area (Å²) < 4.78 is 127. The lowest BCUT2D eigenvalue weighted by atomic mass is 10.1. The van der Waals surface area contributed by atoms with Crippen LogP contribution in [-0.2, 0) is 70.7 Å². The molecule has 25 heteroatoms. The summed E-state index contributed by atoms with van der Waals surface area (Å²) in [6.07, 6.45) is 0.0689. The molecule has 314 valence electrons. The van der Waals surface area contributed by atoms with Crippen molar-refractivity contribution in [2.24, 2.45) is 10.2 Å². The number of fused-ring (bicyclic) bond motifs is 1. The van der Waals surface area contributed by atoms with Crippen molar-refractivity contribution in [3.8, 4) is 5.75 Å². The molecule has 0 unspecified atom stereocenters. The van der Waals surface area contributed by atoms with Crippen LogP contribution in [0.2, 0.25) is 5.28 Å². The third kappa shape index (κ3) is 11.4. The summed E-state index contributed by atoms with van der Waals surface area (Å²) >= 11 is 6.26. The minimum absolute atomic E-state index is 0.0166. The Morgan fingerprint density at radius 3 is 2.07 bits per heavy atom. The smallest absolute Gasteiger partial charge is 0.399 e. The van der Waals surface area contributed by atoms with E-state index in [9.17, 15) is 43.0 Å². The summed E-state index contributed by atoms with van der Waals surface area (Å²) in [4.78, 5) is 24.1. The lowest BCUT2D eigenvalue weighted by Crippen LogP contribution is -2.16. The zero-order valence-electron chi connectivity index (χ0n) is 31.2. The molecule has 5 rings (SSSR count). The van der Waals surface area contributed by atoms with Crippen molar-refractivity contribution in [2.75, 3.05) is 39.0 Å². The summed E-state index contributed by atoms with van der Waals surface area (Å²) in [5.41, 5.74) is 0.733. The van der Waals surface area contributed by atoms with Gasteiger partial charge in [-0.3, -0.25) is 17.7 Å². The number of carbonyl (C=O) groups excluding carboxylic acids is 1. The Labute approximate surface area is 343 Å². The molecule has 0 atom stereocenters. The number of methoxy groups -OCH3 is 1. The van der Waals surface area contributed by atoms with E-state index in [1.54, 1.807) is 0 Å². The van der Waals surface area contributed by atoms with Crippen molar-refractivity contribution >= 4 is 85.8 Å². The van der Waals surface area contributed by atoms with Crippen LogP contribution in [0.1, 0.15) is 29.7 Å². The molecule has 20 nitrogen and oxygen atoms in total. The van der Waals surface area contributed by atoms with Gasteiger partial charge >= 0.3 is 10.4 Å². The maximum Gasteiger partial charge on any atom is 0.399 e. The molecule has 4 aromatic carbocycles. The van der Waals surface area contributed by atoms with Gasteiger partial charge in [0.1, 0.15) is 38.6 Å². The fraction of sp³-hybridized carbons (Fsp3) is 0.235. The van der Waals surface area contributed by atoms with Crippen molar-refractivity contribution < 1.29 is 60.3 Å². The average Bonchev–Trinajstić information content (AvgIpc) is 3.16. The van der Waals surface area contributed by atoms with Crippen LogP contribution in [0.5, 0.6) is 5.75 Å². The largest absolute Gasteiger partial charge is 0.496 e. The van der Waals surface area contributed by atoms with Crippen molar-refractivity contribution in [2.45, 2.75) is 34.5 Å². The maximum atomic E-state index is 12.9. The molecule has 0 bridgehead atoms. The first kappa shape index (κ1) is 45.0. The molecular weight excluding hydrogens is 880 g/mol. The third-order valence-corrected chi connectivity index (χ3v) is 13.1. The Hall–Kier alpha value is -5.05. The number of amides is 1. The first-order valence-electron chi connectivity index (χ1n) is 16.6. The molecule has 1 amide bonds. The zero-order chi connectivity index (χ0) is 43.3. The highest BCUT2D eigenvalue weighted by atomic mass is 35.5. The predicted molar refractivity (Wildman–Crippen MR) is 210 cm³/mol. The highest BCUT2D eigenvalue weighted by molar-refractivity contribution is 7.91. The van der Waals surface area contributed by atoms with Gasteiger partial charge in [0.05, 0.1) is 44.3 Å². The highest BCUT2D eigenvalue weighted by Gasteiger charge is 2.24. The number of hydrogen-bond acceptors (Lipinski definition) is 18. The van der Waals surface area contributed by atoms with E-state index in [1.165, 1.54) is 62.6 Å². The number of benzene rings is 4. The third-order valence-electron chi connectivity index (χ3n) is 8.14. The standard InChI is InChI=1S/C34H33ClN6O14S4/c1-20(42)36-26-15-23(17-33-37-32(38-34(35)39-33)14-21-8-10-24(11-9-21)56(43,44)13-12-55-59(50,51)54-4)29(52-2)19-27(26)40-41-28-18-25-22(16-31(28)58(48,49)53-3)6-5-7-30(25)57(45,46)47/h5-11,15-16,18-19H,12-14,17H2,1-4H3,(H,36,42)(H,45,46,47). The molecule has 5 aromatic rings. The second kappa shape index (κ2) is 18.1. The molecule has 0 fully saturated rings. The van der Waals surface area contributed by atoms with Gasteiger partial charge in [0.15, 0.2) is 9.84 Å². The number of aromatic nitrogens is 3. The molecule has 0 aliphatic heterocycles. The number of nitrogens with one attached hydrogen (secondary N) is 1. The van der Waals surface area contributed by atoms with Gasteiger partial charge in [0.2, 0.25) is 11.2 Å². The number of ether oxygens (including phenoxy) is 1. The number of anilines is 1. The van der Waals surface area contributed by atoms with E-state index >= 15 is 0 Å². The van der Waals surface area contributed by atoms with Crippen LogP contribution in [0.3, 0.4) is 0 Å². The van der Waals surface area contributed by atoms with Crippen LogP contribution in [-0.4, -0.2) is 92.8 Å². The van der Waals surface area contributed by atoms with Crippen LogP contribution >= 0.6 is 11.6 Å². The fourth-order valence-corrected chi connectivity index (χ4v) is 8.74. The van der Waals surface area contributed by atoms with Gasteiger partial charge in [-0.2, -0.15) is 25.3 Å². The topological polar surface area (TPSA) is 286 Å². The fourth-order valence-electron chi connectivity index (χ4n) is 5.45. The molecule has 1 heterocycles. The number of nitrogens with zero attached hydrogens (tertiary/aromatic N) is 5. The number of hydrogen-bond donors (Lipinski definition) is 2. The van der Waals surface area contributed by atoms with Gasteiger partial charge in [0.25, 0.3) is 20.2 Å². The first-order valence-corrected chi connectivity index (χ1v) is 22.8. The van der Waals surface area contributed by atoms with Crippen molar-refractivity contribution in [1.82, 2.24) is 15.0 Å². The Kier molecular flexibility index (Phi) is 13.8. The van der Waals surface area contributed by atoms with E-state index in [0.29, 0.717) is 11.1 Å². The lowest BCUT2D eigenvalue weighted by molar-refractivity contribution is -0.114. The minimum Gasteiger partial charge on any atom is -0.496 e. The number of rotatable bonds is 17. The molecule has 0 radical (unpaired) electrons. The second-order valence-corrected chi connectivity index (χ2v) is 19.0. The van der Waals surface area contributed by atoms with Crippen molar-refractivity contribution in [3.05, 3.63) is 94.8 Å². The second-order valence-electron chi connectivity index (χ2n) is 12.1. The van der Waals surface area contributed by atoms with Crippen molar-refractivity contribution in [1.29, 1.82) is 0 Å². The number of halogens is 1. The maximum absolute atomic E-state index is 12.9. The van der Waals surface area contributed by atoms with E-state index < -0.39 is 68.5 Å². The molecule has 1 aromatic heterocycles. The monoisotopic (exact) mass is 912 g/mol. The molecule has 59 heavy (non-hydrogen) atoms. The number of azo groups is 1. The van der Waals surface area contributed by atoms with Crippen LogP contribution in [0.25, 0.3) is 10.8 Å². The van der Waals surface area contributed by atoms with Crippen LogP contribution in [0, 0.1) is 0 Å². The lowest BCUT2D eigenvalue weighted by Gasteiger charge is -2.14. The van der Waals surface area contributed by atoms with E-state index in [2.05, 4.69) is 38.9 Å². The van der Waals surface area contributed by atoms with Crippen molar-refractivity contribution in [3.63, 3.8) is 0 Å². The van der Waals surface area contributed by atoms with E-state index in [-0.39, 0.29) is 68.3 Å². The van der Waals surface area contributed by atoms with Crippen LogP contribution in [0.15, 0.2) is 91.6 Å². The van der Waals surface area contributed by atoms with E-state index in [1.807, 2.05) is 0 Å². The molecular formula is C34H33ClN6O14S4. The van der Waals surface area contributed by atoms with Gasteiger partial charge in [-0.15, -0.1) is 10.2 Å². The predicted octanol–water partition coefficient (Wildman–Crippen LogP) is 4.51. The summed E-state index contributed by atoms with van der Waals surface area (Å²) in [6, 6.07) is 14.7. The Bertz CT molecular complexity index is 2920. The van der Waals surface area contributed by atoms with E-state index in [4.69, 9.17) is 20.5 Å². The van der Waals surface area contributed by atoms with Gasteiger partial charge in [0, 0.05) is 36.8 Å². The van der Waals surface area contributed by atoms with Crippen LogP contribution < -0.4 is 10.1 Å². The Morgan fingerprint density at radius 2 is 1.46 bits per heavy atom. The summed E-state index contributed by atoms with van der Waals surface area (Å²) in [6.45, 7) is 0.588. The van der Waals surface area contributed by atoms with Gasteiger partial charge in [-0.05, 0) is 58.9 Å². The Morgan fingerprint density at radius 1 is 0.797 bits per heavy atom. The average molecular weight is 913 g/mol. The molecule has 0 saturated carbocycles. The number of carbonyl (C=O) groups is 1. The van der Waals surface area contributed by atoms with E-state index in [0.717, 1.165) is 32.4 Å². The highest BCUT2D eigenvalue weighted by Crippen LogP contribution is 2.38. The first-order chi connectivity index (χ1) is 27.6. The van der Waals surface area contributed by atoms with Crippen LogP contribution in [0.4, 0.5) is 17.1 Å². The quantitative estimate of drug-likeness (QED) is 0.0737. The summed E-state index contributed by atoms with van der Waals surface area (Å²) in [7, 11) is -14.2. The summed E-state index contributed by atoms with van der Waals surface area (Å²) in [5.74, 6) is -0.546. The summed E-state index contributed by atoms with van der Waals surface area (Å²) in [5, 5.41) is 10.8. The van der Waals surface area contributed by atoms with Gasteiger partial charge in [-0.1, -0.05) is 24.3 Å². The zero-order valence-corrected chi connectivity index (χ0v) is 35.2.